The molecular weight excluding hydrogens is 248 g/mol. The number of ether oxygens (including phenoxy) is 1. The Labute approximate surface area is 111 Å². The molecule has 6 heteroatoms. The predicted molar refractivity (Wildman–Crippen MR) is 69.6 cm³/mol. The van der Waals surface area contributed by atoms with Crippen LogP contribution in [0.4, 0.5) is 5.69 Å². The van der Waals surface area contributed by atoms with Crippen molar-refractivity contribution in [2.45, 2.75) is 20.3 Å². The molecule has 0 aliphatic heterocycles. The van der Waals surface area contributed by atoms with Gasteiger partial charge in [0.25, 0.3) is 0 Å². The van der Waals surface area contributed by atoms with Crippen molar-refractivity contribution in [1.82, 2.24) is 0 Å². The number of primary amides is 1. The molecule has 0 unspecified atom stereocenters. The summed E-state index contributed by atoms with van der Waals surface area (Å²) in [5.74, 6) is -1.20. The van der Waals surface area contributed by atoms with E-state index in [1.807, 2.05) is 0 Å². The summed E-state index contributed by atoms with van der Waals surface area (Å²) in [4.78, 5) is 35.2. The Morgan fingerprint density at radius 1 is 1.26 bits per heavy atom. The van der Waals surface area contributed by atoms with Crippen molar-refractivity contribution in [2.75, 3.05) is 11.4 Å². The minimum atomic E-state index is -0.639. The third kappa shape index (κ3) is 4.09. The molecule has 1 rings (SSSR count). The molecule has 19 heavy (non-hydrogen) atoms. The van der Waals surface area contributed by atoms with Crippen molar-refractivity contribution in [3.8, 4) is 5.75 Å². The number of esters is 1. The molecule has 0 saturated carbocycles. The highest BCUT2D eigenvalue weighted by Crippen LogP contribution is 2.28. The van der Waals surface area contributed by atoms with E-state index in [1.165, 1.54) is 11.8 Å². The summed E-state index contributed by atoms with van der Waals surface area (Å²) in [5.41, 5.74) is 5.48. The molecule has 0 aliphatic rings. The van der Waals surface area contributed by atoms with E-state index in [-0.39, 0.29) is 24.6 Å². The quantitative estimate of drug-likeness (QED) is 0.630. The number of amides is 2. The highest BCUT2D eigenvalue weighted by Gasteiger charge is 2.20. The molecule has 0 atom stereocenters. The summed E-state index contributed by atoms with van der Waals surface area (Å²) in [6.07, 6.45) is 0.210. The summed E-state index contributed by atoms with van der Waals surface area (Å²) in [6.45, 7) is 2.67. The molecule has 0 bridgehead atoms. The second kappa shape index (κ2) is 6.53. The van der Waals surface area contributed by atoms with Crippen molar-refractivity contribution in [1.29, 1.82) is 0 Å². The number of rotatable bonds is 5. The molecule has 0 fully saturated rings. The van der Waals surface area contributed by atoms with Crippen LogP contribution >= 0.6 is 0 Å². The van der Waals surface area contributed by atoms with Crippen LogP contribution in [0.5, 0.6) is 5.75 Å². The van der Waals surface area contributed by atoms with E-state index in [0.29, 0.717) is 5.69 Å². The number of anilines is 1. The first-order valence-corrected chi connectivity index (χ1v) is 5.81. The Kier molecular flexibility index (Phi) is 5.05. The number of hydrogen-bond donors (Lipinski definition) is 1. The van der Waals surface area contributed by atoms with Gasteiger partial charge in [0.1, 0.15) is 6.54 Å². The van der Waals surface area contributed by atoms with Gasteiger partial charge in [-0.3, -0.25) is 19.3 Å². The van der Waals surface area contributed by atoms with Gasteiger partial charge in [0, 0.05) is 13.3 Å². The van der Waals surface area contributed by atoms with Gasteiger partial charge >= 0.3 is 5.97 Å². The molecule has 2 amide bonds. The molecule has 102 valence electrons. The maximum absolute atomic E-state index is 11.9. The molecule has 1 aromatic carbocycles. The molecular formula is C13H16N2O4. The van der Waals surface area contributed by atoms with Crippen LogP contribution in [0.2, 0.25) is 0 Å². The number of carbonyl (C=O) groups is 3. The van der Waals surface area contributed by atoms with Crippen LogP contribution in [0, 0.1) is 0 Å². The van der Waals surface area contributed by atoms with Crippen molar-refractivity contribution in [3.05, 3.63) is 24.3 Å². The largest absolute Gasteiger partial charge is 0.424 e. The Balaban J connectivity index is 3.17. The minimum Gasteiger partial charge on any atom is -0.424 e. The lowest BCUT2D eigenvalue weighted by Gasteiger charge is -2.22. The Hall–Kier alpha value is -2.37. The third-order valence-electron chi connectivity index (χ3n) is 2.33. The predicted octanol–water partition coefficient (Wildman–Crippen LogP) is 0.840. The monoisotopic (exact) mass is 264 g/mol. The smallest absolute Gasteiger partial charge is 0.308 e. The first-order chi connectivity index (χ1) is 8.95. The topological polar surface area (TPSA) is 89.7 Å². The van der Waals surface area contributed by atoms with E-state index in [9.17, 15) is 14.4 Å². The van der Waals surface area contributed by atoms with Gasteiger partial charge in [0.05, 0.1) is 5.69 Å². The van der Waals surface area contributed by atoms with Crippen LogP contribution in [0.15, 0.2) is 24.3 Å². The zero-order chi connectivity index (χ0) is 14.4. The standard InChI is InChI=1S/C13H16N2O4/c1-3-13(18)15(8-12(14)17)10-6-4-5-7-11(10)19-9(2)16/h4-7H,3,8H2,1-2H3,(H2,14,17). The van der Waals surface area contributed by atoms with Gasteiger partial charge < -0.3 is 10.5 Å². The van der Waals surface area contributed by atoms with E-state index in [4.69, 9.17) is 10.5 Å². The van der Waals surface area contributed by atoms with Crippen LogP contribution in [-0.2, 0) is 14.4 Å². The van der Waals surface area contributed by atoms with Gasteiger partial charge in [-0.25, -0.2) is 0 Å². The van der Waals surface area contributed by atoms with E-state index in [0.717, 1.165) is 0 Å². The fourth-order valence-electron chi connectivity index (χ4n) is 1.58. The summed E-state index contributed by atoms with van der Waals surface area (Å²) < 4.78 is 5.02. The summed E-state index contributed by atoms with van der Waals surface area (Å²) in [6, 6.07) is 6.49. The van der Waals surface area contributed by atoms with Crippen molar-refractivity contribution >= 4 is 23.5 Å². The lowest BCUT2D eigenvalue weighted by atomic mass is 10.2. The second-order valence-electron chi connectivity index (χ2n) is 3.86. The van der Waals surface area contributed by atoms with E-state index >= 15 is 0 Å². The van der Waals surface area contributed by atoms with Gasteiger partial charge in [-0.1, -0.05) is 19.1 Å². The molecule has 0 radical (unpaired) electrons. The number of benzene rings is 1. The number of carbonyl (C=O) groups excluding carboxylic acids is 3. The highest BCUT2D eigenvalue weighted by atomic mass is 16.5. The molecule has 6 nitrogen and oxygen atoms in total. The van der Waals surface area contributed by atoms with Gasteiger partial charge in [-0.15, -0.1) is 0 Å². The molecule has 0 saturated heterocycles. The lowest BCUT2D eigenvalue weighted by molar-refractivity contribution is -0.132. The Bertz CT molecular complexity index is 499. The van der Waals surface area contributed by atoms with E-state index < -0.39 is 11.9 Å². The van der Waals surface area contributed by atoms with Gasteiger partial charge in [-0.05, 0) is 12.1 Å². The van der Waals surface area contributed by atoms with E-state index in [1.54, 1.807) is 31.2 Å². The maximum atomic E-state index is 11.9. The first-order valence-electron chi connectivity index (χ1n) is 5.81. The van der Waals surface area contributed by atoms with Gasteiger partial charge in [0.2, 0.25) is 11.8 Å². The normalized spacial score (nSPS) is 9.79. The number of nitrogens with two attached hydrogens (primary N) is 1. The zero-order valence-electron chi connectivity index (χ0n) is 10.9. The Morgan fingerprint density at radius 2 is 1.89 bits per heavy atom. The zero-order valence-corrected chi connectivity index (χ0v) is 10.9. The van der Waals surface area contributed by atoms with Crippen LogP contribution < -0.4 is 15.4 Å². The van der Waals surface area contributed by atoms with E-state index in [2.05, 4.69) is 0 Å². The molecule has 1 aromatic rings. The molecule has 0 aliphatic carbocycles. The van der Waals surface area contributed by atoms with Crippen LogP contribution in [-0.4, -0.2) is 24.3 Å². The van der Waals surface area contributed by atoms with Crippen molar-refractivity contribution < 1.29 is 19.1 Å². The number of nitrogens with zero attached hydrogens (tertiary/aromatic N) is 1. The van der Waals surface area contributed by atoms with Crippen LogP contribution in [0.3, 0.4) is 0 Å². The second-order valence-corrected chi connectivity index (χ2v) is 3.86. The fourth-order valence-corrected chi connectivity index (χ4v) is 1.58. The van der Waals surface area contributed by atoms with Gasteiger partial charge in [0.15, 0.2) is 5.75 Å². The third-order valence-corrected chi connectivity index (χ3v) is 2.33. The van der Waals surface area contributed by atoms with Crippen molar-refractivity contribution in [3.63, 3.8) is 0 Å². The highest BCUT2D eigenvalue weighted by molar-refractivity contribution is 5.99. The SMILES string of the molecule is CCC(=O)N(CC(N)=O)c1ccccc1OC(C)=O. The fraction of sp³-hybridized carbons (Fsp3) is 0.308. The number of hydrogen-bond acceptors (Lipinski definition) is 4. The van der Waals surface area contributed by atoms with Crippen LogP contribution in [0.25, 0.3) is 0 Å². The number of para-hydroxylation sites is 2. The molecule has 0 heterocycles. The molecule has 0 aromatic heterocycles. The van der Waals surface area contributed by atoms with Crippen molar-refractivity contribution in [2.24, 2.45) is 5.73 Å². The Morgan fingerprint density at radius 3 is 2.42 bits per heavy atom. The average molecular weight is 264 g/mol. The minimum absolute atomic E-state index is 0.210. The van der Waals surface area contributed by atoms with Crippen LogP contribution in [0.1, 0.15) is 20.3 Å². The molecule has 2 N–H and O–H groups in total. The average Bonchev–Trinajstić information content (AvgIpc) is 2.35. The maximum Gasteiger partial charge on any atom is 0.308 e. The summed E-state index contributed by atoms with van der Waals surface area (Å²) in [5, 5.41) is 0. The van der Waals surface area contributed by atoms with Gasteiger partial charge in [-0.2, -0.15) is 0 Å². The lowest BCUT2D eigenvalue weighted by Crippen LogP contribution is -2.38. The first kappa shape index (κ1) is 14.7. The summed E-state index contributed by atoms with van der Waals surface area (Å²) in [7, 11) is 0. The molecule has 0 spiro atoms. The summed E-state index contributed by atoms with van der Waals surface area (Å²) >= 11 is 0.